The van der Waals surface area contributed by atoms with Gasteiger partial charge >= 0.3 is 0 Å². The summed E-state index contributed by atoms with van der Waals surface area (Å²) in [6.45, 7) is 4.78. The number of rotatable bonds is 4. The van der Waals surface area contributed by atoms with E-state index in [9.17, 15) is 9.90 Å². The largest absolute Gasteiger partial charge is 0.385 e. The van der Waals surface area contributed by atoms with E-state index in [0.717, 1.165) is 49.8 Å². The molecule has 0 aliphatic carbocycles. The van der Waals surface area contributed by atoms with Crippen LogP contribution in [-0.2, 0) is 4.79 Å². The first-order valence-corrected chi connectivity index (χ1v) is 6.22. The van der Waals surface area contributed by atoms with Crippen molar-refractivity contribution in [1.29, 1.82) is 0 Å². The van der Waals surface area contributed by atoms with Crippen molar-refractivity contribution >= 4 is 12.1 Å². The van der Waals surface area contributed by atoms with Gasteiger partial charge in [-0.1, -0.05) is 13.3 Å². The van der Waals surface area contributed by atoms with Gasteiger partial charge in [-0.25, -0.2) is 4.99 Å². The molecule has 0 spiro atoms. The smallest absolute Gasteiger partial charge is 0.147 e. The molecule has 1 unspecified atom stereocenters. The highest BCUT2D eigenvalue weighted by atomic mass is 16.3. The number of likely N-dealkylation sites (N-methyl/N-ethyl adjacent to an activating group) is 1. The predicted molar refractivity (Wildman–Crippen MR) is 69.0 cm³/mol. The minimum absolute atomic E-state index is 0.502. The molecule has 1 aliphatic rings. The van der Waals surface area contributed by atoms with Gasteiger partial charge in [0.05, 0.1) is 0 Å². The summed E-state index contributed by atoms with van der Waals surface area (Å²) >= 11 is 0. The van der Waals surface area contributed by atoms with Crippen molar-refractivity contribution in [1.82, 2.24) is 4.90 Å². The van der Waals surface area contributed by atoms with Crippen LogP contribution < -0.4 is 0 Å². The molecule has 0 aromatic heterocycles. The van der Waals surface area contributed by atoms with Gasteiger partial charge in [0, 0.05) is 24.9 Å². The van der Waals surface area contributed by atoms with Crippen molar-refractivity contribution in [3.8, 4) is 0 Å². The van der Waals surface area contributed by atoms with Crippen LogP contribution in [0, 0.1) is 0 Å². The van der Waals surface area contributed by atoms with Crippen LogP contribution >= 0.6 is 0 Å². The highest BCUT2D eigenvalue weighted by molar-refractivity contribution is 5.88. The molecule has 0 aromatic carbocycles. The maximum absolute atomic E-state index is 10.9. The summed E-state index contributed by atoms with van der Waals surface area (Å²) in [5.74, 6) is 0.684. The van der Waals surface area contributed by atoms with Crippen LogP contribution in [0.25, 0.3) is 0 Å². The van der Waals surface area contributed by atoms with Crippen LogP contribution in [0.5, 0.6) is 0 Å². The van der Waals surface area contributed by atoms with Gasteiger partial charge in [-0.2, -0.15) is 0 Å². The Balaban J connectivity index is 2.94. The lowest BCUT2D eigenvalue weighted by Gasteiger charge is -2.30. The molecule has 1 N–H and O–H groups in total. The molecule has 1 aliphatic heterocycles. The van der Waals surface area contributed by atoms with Gasteiger partial charge in [0.1, 0.15) is 18.2 Å². The van der Waals surface area contributed by atoms with Gasteiger partial charge in [0.25, 0.3) is 0 Å². The Morgan fingerprint density at radius 1 is 1.65 bits per heavy atom. The normalized spacial score (nSPS) is 24.8. The quantitative estimate of drug-likeness (QED) is 0.599. The summed E-state index contributed by atoms with van der Waals surface area (Å²) in [5, 5.41) is 9.89. The second-order valence-corrected chi connectivity index (χ2v) is 4.53. The lowest BCUT2D eigenvalue weighted by molar-refractivity contribution is -0.105. The van der Waals surface area contributed by atoms with Crippen LogP contribution in [0.3, 0.4) is 0 Å². The molecule has 0 bridgehead atoms. The number of carbonyl (C=O) groups excluding carboxylic acids is 1. The fourth-order valence-electron chi connectivity index (χ4n) is 2.02. The molecular formula is C13H22N2O2. The number of hydrogen-bond acceptors (Lipinski definition) is 3. The number of aldehydes is 1. The van der Waals surface area contributed by atoms with E-state index in [0.29, 0.717) is 5.84 Å². The zero-order chi connectivity index (χ0) is 12.8. The number of amidine groups is 1. The molecule has 4 nitrogen and oxygen atoms in total. The Hall–Kier alpha value is -1.16. The standard InChI is InChI=1S/C13H22N2O2/c1-4-6-11(9-16)10(2)14-13-12(17)7-5-8-15(13)3/h9,12,17H,4-8H2,1-3H3/b11-10-,14-13?. The molecular weight excluding hydrogens is 216 g/mol. The van der Waals surface area contributed by atoms with E-state index < -0.39 is 6.10 Å². The van der Waals surface area contributed by atoms with E-state index in [1.54, 1.807) is 0 Å². The van der Waals surface area contributed by atoms with E-state index in [1.165, 1.54) is 0 Å². The number of hydrogen-bond donors (Lipinski definition) is 1. The van der Waals surface area contributed by atoms with Crippen LogP contribution in [0.15, 0.2) is 16.3 Å². The number of aliphatic hydroxyl groups is 1. The molecule has 1 rings (SSSR count). The number of aliphatic imine (C=N–C) groups is 1. The molecule has 1 saturated heterocycles. The van der Waals surface area contributed by atoms with Crippen molar-refractivity contribution in [3.63, 3.8) is 0 Å². The molecule has 0 aromatic rings. The predicted octanol–water partition coefficient (Wildman–Crippen LogP) is 1.74. The third-order valence-electron chi connectivity index (χ3n) is 3.07. The third-order valence-corrected chi connectivity index (χ3v) is 3.07. The summed E-state index contributed by atoms with van der Waals surface area (Å²) in [5.41, 5.74) is 1.45. The SMILES string of the molecule is CCC/C(C=O)=C(\C)N=C1C(O)CCCN1C. The molecule has 1 atom stereocenters. The van der Waals surface area contributed by atoms with Gasteiger partial charge in [-0.3, -0.25) is 4.79 Å². The van der Waals surface area contributed by atoms with E-state index >= 15 is 0 Å². The number of allylic oxidation sites excluding steroid dienone is 2. The summed E-state index contributed by atoms with van der Waals surface area (Å²) in [4.78, 5) is 17.3. The topological polar surface area (TPSA) is 52.9 Å². The average Bonchev–Trinajstić information content (AvgIpc) is 2.30. The molecule has 1 fully saturated rings. The van der Waals surface area contributed by atoms with Crippen LogP contribution in [0.4, 0.5) is 0 Å². The van der Waals surface area contributed by atoms with Gasteiger partial charge < -0.3 is 10.0 Å². The summed E-state index contributed by atoms with van der Waals surface area (Å²) in [7, 11) is 1.93. The van der Waals surface area contributed by atoms with E-state index in [1.807, 2.05) is 25.8 Å². The number of aliphatic hydroxyl groups excluding tert-OH is 1. The molecule has 0 saturated carbocycles. The second kappa shape index (κ2) is 6.55. The Morgan fingerprint density at radius 3 is 2.88 bits per heavy atom. The summed E-state index contributed by atoms with van der Waals surface area (Å²) in [6.07, 6.45) is 3.77. The number of likely N-dealkylation sites (tertiary alicyclic amines) is 1. The van der Waals surface area contributed by atoms with Crippen molar-refractivity contribution in [2.75, 3.05) is 13.6 Å². The maximum atomic E-state index is 10.9. The average molecular weight is 238 g/mol. The van der Waals surface area contributed by atoms with Crippen molar-refractivity contribution in [3.05, 3.63) is 11.3 Å². The minimum Gasteiger partial charge on any atom is -0.385 e. The fourth-order valence-corrected chi connectivity index (χ4v) is 2.02. The van der Waals surface area contributed by atoms with Crippen molar-refractivity contribution in [2.24, 2.45) is 4.99 Å². The fraction of sp³-hybridized carbons (Fsp3) is 0.692. The highest BCUT2D eigenvalue weighted by Crippen LogP contribution is 2.16. The van der Waals surface area contributed by atoms with E-state index in [2.05, 4.69) is 4.99 Å². The maximum Gasteiger partial charge on any atom is 0.147 e. The number of nitrogens with zero attached hydrogens (tertiary/aromatic N) is 2. The first-order chi connectivity index (χ1) is 8.10. The first-order valence-electron chi connectivity index (χ1n) is 6.22. The van der Waals surface area contributed by atoms with Crippen LogP contribution in [0.2, 0.25) is 0 Å². The van der Waals surface area contributed by atoms with Gasteiger partial charge in [-0.05, 0) is 26.2 Å². The number of piperidine rings is 1. The molecule has 4 heteroatoms. The summed E-state index contributed by atoms with van der Waals surface area (Å²) < 4.78 is 0. The highest BCUT2D eigenvalue weighted by Gasteiger charge is 2.22. The van der Waals surface area contributed by atoms with Gasteiger partial charge in [0.15, 0.2) is 0 Å². The van der Waals surface area contributed by atoms with Crippen LogP contribution in [-0.4, -0.2) is 41.8 Å². The van der Waals surface area contributed by atoms with Gasteiger partial charge in [-0.15, -0.1) is 0 Å². The monoisotopic (exact) mass is 238 g/mol. The number of carbonyl (C=O) groups is 1. The third kappa shape index (κ3) is 3.66. The molecule has 96 valence electrons. The van der Waals surface area contributed by atoms with Crippen LogP contribution in [0.1, 0.15) is 39.5 Å². The molecule has 0 amide bonds. The minimum atomic E-state index is -0.502. The Bertz CT molecular complexity index is 322. The Kier molecular flexibility index (Phi) is 5.35. The molecule has 1 heterocycles. The lowest BCUT2D eigenvalue weighted by Crippen LogP contribution is -2.41. The van der Waals surface area contributed by atoms with Gasteiger partial charge in [0.2, 0.25) is 0 Å². The Morgan fingerprint density at radius 2 is 2.35 bits per heavy atom. The zero-order valence-corrected chi connectivity index (χ0v) is 10.9. The lowest BCUT2D eigenvalue weighted by atomic mass is 10.1. The molecule has 17 heavy (non-hydrogen) atoms. The van der Waals surface area contributed by atoms with E-state index in [-0.39, 0.29) is 0 Å². The Labute approximate surface area is 103 Å². The zero-order valence-electron chi connectivity index (χ0n) is 10.9. The molecule has 0 radical (unpaired) electrons. The van der Waals surface area contributed by atoms with Crippen molar-refractivity contribution in [2.45, 2.75) is 45.6 Å². The second-order valence-electron chi connectivity index (χ2n) is 4.53. The van der Waals surface area contributed by atoms with Crippen molar-refractivity contribution < 1.29 is 9.90 Å². The van der Waals surface area contributed by atoms with E-state index in [4.69, 9.17) is 0 Å². The summed E-state index contributed by atoms with van der Waals surface area (Å²) in [6, 6.07) is 0. The first kappa shape index (κ1) is 13.9.